The van der Waals surface area contributed by atoms with Crippen LogP contribution in [0.25, 0.3) is 0 Å². The van der Waals surface area contributed by atoms with E-state index in [9.17, 15) is 23.3 Å². The number of rotatable bonds is 4. The van der Waals surface area contributed by atoms with Crippen molar-refractivity contribution in [2.45, 2.75) is 23.8 Å². The minimum atomic E-state index is -3.89. The second kappa shape index (κ2) is 6.51. The number of carbonyl (C=O) groups excluding carboxylic acids is 1. The zero-order chi connectivity index (χ0) is 16.3. The van der Waals surface area contributed by atoms with Crippen molar-refractivity contribution in [1.82, 2.24) is 4.31 Å². The van der Waals surface area contributed by atoms with Crippen LogP contribution in [-0.2, 0) is 19.6 Å². The fraction of sp³-hybridized carbons (Fsp3) is 0.462. The third-order valence-electron chi connectivity index (χ3n) is 3.52. The second-order valence-electron chi connectivity index (χ2n) is 4.98. The van der Waals surface area contributed by atoms with Crippen LogP contribution in [0.3, 0.4) is 0 Å². The first-order chi connectivity index (χ1) is 10.3. The Balaban J connectivity index is 2.31. The highest BCUT2D eigenvalue weighted by atomic mass is 32.2. The summed E-state index contributed by atoms with van der Waals surface area (Å²) in [5, 5.41) is 10.6. The van der Waals surface area contributed by atoms with Crippen LogP contribution in [0.2, 0.25) is 0 Å². The molecule has 0 bridgehead atoms. The summed E-state index contributed by atoms with van der Waals surface area (Å²) in [5.41, 5.74) is -0.194. The van der Waals surface area contributed by atoms with Crippen LogP contribution in [0.15, 0.2) is 29.2 Å². The van der Waals surface area contributed by atoms with E-state index in [4.69, 9.17) is 4.74 Å². The molecule has 0 N–H and O–H groups in total. The van der Waals surface area contributed by atoms with E-state index in [-0.39, 0.29) is 42.0 Å². The van der Waals surface area contributed by atoms with Gasteiger partial charge in [0.1, 0.15) is 5.78 Å². The number of Topliss-reactive ketones (excluding diaryl/α,β-unsaturated/α-hetero) is 1. The zero-order valence-corrected chi connectivity index (χ0v) is 12.8. The minimum absolute atomic E-state index is 0.0809. The van der Waals surface area contributed by atoms with E-state index in [0.29, 0.717) is 6.42 Å². The topological polar surface area (TPSA) is 107 Å². The predicted molar refractivity (Wildman–Crippen MR) is 76.9 cm³/mol. The van der Waals surface area contributed by atoms with E-state index in [1.165, 1.54) is 19.2 Å². The Hall–Kier alpha value is -1.84. The number of sulfonamides is 1. The van der Waals surface area contributed by atoms with E-state index in [0.717, 1.165) is 16.4 Å². The number of hydrogen-bond acceptors (Lipinski definition) is 6. The highest BCUT2D eigenvalue weighted by molar-refractivity contribution is 7.89. The molecule has 1 heterocycles. The van der Waals surface area contributed by atoms with Gasteiger partial charge >= 0.3 is 0 Å². The van der Waals surface area contributed by atoms with Crippen LogP contribution in [0.5, 0.6) is 0 Å². The van der Waals surface area contributed by atoms with E-state index < -0.39 is 14.9 Å². The van der Waals surface area contributed by atoms with Crippen molar-refractivity contribution in [1.29, 1.82) is 0 Å². The number of hydrogen-bond donors (Lipinski definition) is 0. The third kappa shape index (κ3) is 3.49. The Morgan fingerprint density at radius 2 is 1.95 bits per heavy atom. The van der Waals surface area contributed by atoms with Gasteiger partial charge in [-0.25, -0.2) is 8.42 Å². The first kappa shape index (κ1) is 16.5. The van der Waals surface area contributed by atoms with Gasteiger partial charge in [-0.2, -0.15) is 4.31 Å². The van der Waals surface area contributed by atoms with Gasteiger partial charge in [0.15, 0.2) is 0 Å². The summed E-state index contributed by atoms with van der Waals surface area (Å²) in [6, 6.07) is 4.59. The fourth-order valence-electron chi connectivity index (χ4n) is 2.25. The number of benzene rings is 1. The van der Waals surface area contributed by atoms with Gasteiger partial charge in [-0.05, 0) is 18.6 Å². The molecule has 0 aliphatic carbocycles. The lowest BCUT2D eigenvalue weighted by atomic mass is 10.2. The van der Waals surface area contributed by atoms with Crippen molar-refractivity contribution in [3.8, 4) is 0 Å². The molecular formula is C13H16N2O6S. The summed E-state index contributed by atoms with van der Waals surface area (Å²) in [4.78, 5) is 21.7. The van der Waals surface area contributed by atoms with Gasteiger partial charge in [-0.1, -0.05) is 0 Å². The second-order valence-corrected chi connectivity index (χ2v) is 6.92. The number of nitro benzene ring substituents is 1. The van der Waals surface area contributed by atoms with Crippen LogP contribution >= 0.6 is 0 Å². The molecule has 1 unspecified atom stereocenters. The van der Waals surface area contributed by atoms with Crippen molar-refractivity contribution in [2.75, 3.05) is 20.2 Å². The molecule has 0 amide bonds. The molecule has 8 nitrogen and oxygen atoms in total. The molecule has 1 atom stereocenters. The average molecular weight is 328 g/mol. The SMILES string of the molecule is COC1CCC(=O)CN(S(=O)(=O)c2ccc([N+](=O)[O-])cc2)C1. The molecule has 1 aromatic rings. The van der Waals surface area contributed by atoms with Gasteiger partial charge in [0, 0.05) is 32.2 Å². The van der Waals surface area contributed by atoms with Gasteiger partial charge < -0.3 is 4.74 Å². The Labute approximate surface area is 127 Å². The van der Waals surface area contributed by atoms with Crippen LogP contribution in [-0.4, -0.2) is 49.7 Å². The molecule has 0 saturated carbocycles. The van der Waals surface area contributed by atoms with Crippen LogP contribution in [0.1, 0.15) is 12.8 Å². The number of ether oxygens (including phenoxy) is 1. The first-order valence-electron chi connectivity index (χ1n) is 6.63. The Morgan fingerprint density at radius 3 is 2.50 bits per heavy atom. The van der Waals surface area contributed by atoms with Gasteiger partial charge in [-0.15, -0.1) is 0 Å². The molecule has 1 aliphatic heterocycles. The third-order valence-corrected chi connectivity index (χ3v) is 5.35. The predicted octanol–water partition coefficient (Wildman–Crippen LogP) is 0.963. The van der Waals surface area contributed by atoms with Crippen molar-refractivity contribution < 1.29 is 22.9 Å². The molecule has 1 aromatic carbocycles. The lowest BCUT2D eigenvalue weighted by Gasteiger charge is -2.22. The van der Waals surface area contributed by atoms with Gasteiger partial charge in [0.25, 0.3) is 5.69 Å². The summed E-state index contributed by atoms with van der Waals surface area (Å²) in [5.74, 6) is -0.176. The monoisotopic (exact) mass is 328 g/mol. The summed E-state index contributed by atoms with van der Waals surface area (Å²) < 4.78 is 31.4. The van der Waals surface area contributed by atoms with E-state index in [2.05, 4.69) is 0 Å². The number of ketones is 1. The molecule has 120 valence electrons. The summed E-state index contributed by atoms with van der Waals surface area (Å²) in [6.45, 7) is -0.124. The number of methoxy groups -OCH3 is 1. The molecule has 1 aliphatic rings. The van der Waals surface area contributed by atoms with E-state index >= 15 is 0 Å². The number of non-ortho nitro benzene ring substituents is 1. The summed E-state index contributed by atoms with van der Waals surface area (Å²) >= 11 is 0. The Morgan fingerprint density at radius 1 is 1.32 bits per heavy atom. The zero-order valence-electron chi connectivity index (χ0n) is 12.0. The lowest BCUT2D eigenvalue weighted by molar-refractivity contribution is -0.384. The Bertz CT molecular complexity index is 670. The molecule has 0 aromatic heterocycles. The number of nitrogens with zero attached hydrogens (tertiary/aromatic N) is 2. The van der Waals surface area contributed by atoms with Crippen LogP contribution < -0.4 is 0 Å². The van der Waals surface area contributed by atoms with Crippen molar-refractivity contribution in [3.05, 3.63) is 34.4 Å². The molecule has 0 radical (unpaired) electrons. The smallest absolute Gasteiger partial charge is 0.269 e. The van der Waals surface area contributed by atoms with E-state index in [1.54, 1.807) is 0 Å². The first-order valence-corrected chi connectivity index (χ1v) is 8.07. The van der Waals surface area contributed by atoms with Gasteiger partial charge in [-0.3, -0.25) is 14.9 Å². The Kier molecular flexibility index (Phi) is 4.89. The normalized spacial score (nSPS) is 20.6. The molecule has 0 spiro atoms. The highest BCUT2D eigenvalue weighted by Crippen LogP contribution is 2.22. The molecule has 1 fully saturated rings. The molecule has 1 saturated heterocycles. The van der Waals surface area contributed by atoms with Crippen molar-refractivity contribution >= 4 is 21.5 Å². The van der Waals surface area contributed by atoms with Gasteiger partial charge in [0.2, 0.25) is 10.0 Å². The highest BCUT2D eigenvalue weighted by Gasteiger charge is 2.32. The molecular weight excluding hydrogens is 312 g/mol. The van der Waals surface area contributed by atoms with Crippen LogP contribution in [0, 0.1) is 10.1 Å². The maximum absolute atomic E-state index is 12.6. The maximum atomic E-state index is 12.6. The average Bonchev–Trinajstić information content (AvgIpc) is 2.69. The minimum Gasteiger partial charge on any atom is -0.380 e. The largest absolute Gasteiger partial charge is 0.380 e. The number of nitro groups is 1. The van der Waals surface area contributed by atoms with Gasteiger partial charge in [0.05, 0.1) is 22.5 Å². The summed E-state index contributed by atoms with van der Waals surface area (Å²) in [6.07, 6.45) is 0.395. The molecule has 2 rings (SSSR count). The molecule has 22 heavy (non-hydrogen) atoms. The quantitative estimate of drug-likeness (QED) is 0.602. The maximum Gasteiger partial charge on any atom is 0.269 e. The summed E-state index contributed by atoms with van der Waals surface area (Å²) in [7, 11) is -2.42. The van der Waals surface area contributed by atoms with Crippen molar-refractivity contribution in [3.63, 3.8) is 0 Å². The lowest BCUT2D eigenvalue weighted by Crippen LogP contribution is -2.38. The molecule has 9 heteroatoms. The number of carbonyl (C=O) groups is 1. The fourth-order valence-corrected chi connectivity index (χ4v) is 3.70. The van der Waals surface area contributed by atoms with Crippen LogP contribution in [0.4, 0.5) is 5.69 Å². The standard InChI is InChI=1S/C13H16N2O6S/c1-21-12-5-4-11(16)8-14(9-12)22(19,20)13-6-2-10(3-7-13)15(17)18/h2-3,6-7,12H,4-5,8-9H2,1H3. The van der Waals surface area contributed by atoms with E-state index in [1.807, 2.05) is 0 Å². The van der Waals surface area contributed by atoms with Crippen molar-refractivity contribution in [2.24, 2.45) is 0 Å².